The monoisotopic (exact) mass is 315 g/mol. The molecule has 23 heavy (non-hydrogen) atoms. The first kappa shape index (κ1) is 15.5. The Morgan fingerprint density at radius 1 is 1.48 bits per heavy atom. The fraction of sp³-hybridized carbons (Fsp3) is 0.438. The van der Waals surface area contributed by atoms with Crippen molar-refractivity contribution in [3.8, 4) is 0 Å². The van der Waals surface area contributed by atoms with Gasteiger partial charge in [-0.05, 0) is 32.0 Å². The maximum Gasteiger partial charge on any atom is 0.243 e. The first-order valence-corrected chi connectivity index (χ1v) is 7.82. The SMILES string of the molecule is CNCC(=O)N1CCCC1C(=O)NCc1cc2cnccc2[nH]1. The van der Waals surface area contributed by atoms with Crippen LogP contribution in [0, 0.1) is 0 Å². The first-order valence-electron chi connectivity index (χ1n) is 7.82. The standard InChI is InChI=1S/C16H21N5O2/c1-17-10-15(22)21-6-2-3-14(21)16(23)19-9-12-7-11-8-18-5-4-13(11)20-12/h4-5,7-8,14,17,20H,2-3,6,9-10H2,1H3,(H,19,23). The maximum absolute atomic E-state index is 12.4. The first-order chi connectivity index (χ1) is 11.2. The zero-order chi connectivity index (χ0) is 16.2. The number of likely N-dealkylation sites (N-methyl/N-ethyl adjacent to an activating group) is 1. The van der Waals surface area contributed by atoms with Crippen LogP contribution in [0.4, 0.5) is 0 Å². The van der Waals surface area contributed by atoms with E-state index in [2.05, 4.69) is 20.6 Å². The minimum atomic E-state index is -0.359. The number of pyridine rings is 1. The lowest BCUT2D eigenvalue weighted by atomic mass is 10.2. The average Bonchev–Trinajstić information content (AvgIpc) is 3.19. The number of hydrogen-bond acceptors (Lipinski definition) is 4. The van der Waals surface area contributed by atoms with Gasteiger partial charge in [-0.2, -0.15) is 0 Å². The summed E-state index contributed by atoms with van der Waals surface area (Å²) in [6.07, 6.45) is 5.10. The van der Waals surface area contributed by atoms with E-state index in [0.717, 1.165) is 29.4 Å². The van der Waals surface area contributed by atoms with Gasteiger partial charge in [0.2, 0.25) is 11.8 Å². The van der Waals surface area contributed by atoms with Crippen LogP contribution in [-0.4, -0.2) is 52.9 Å². The van der Waals surface area contributed by atoms with Crippen LogP contribution in [0.2, 0.25) is 0 Å². The molecule has 1 unspecified atom stereocenters. The van der Waals surface area contributed by atoms with Gasteiger partial charge in [0.15, 0.2) is 0 Å². The number of H-pyrrole nitrogens is 1. The summed E-state index contributed by atoms with van der Waals surface area (Å²) in [6.45, 7) is 1.33. The van der Waals surface area contributed by atoms with E-state index in [1.165, 1.54) is 0 Å². The molecule has 3 rings (SSSR count). The molecule has 3 heterocycles. The van der Waals surface area contributed by atoms with Gasteiger partial charge >= 0.3 is 0 Å². The summed E-state index contributed by atoms with van der Waals surface area (Å²) in [4.78, 5) is 33.4. The van der Waals surface area contributed by atoms with E-state index in [-0.39, 0.29) is 24.4 Å². The van der Waals surface area contributed by atoms with E-state index < -0.39 is 0 Å². The highest BCUT2D eigenvalue weighted by Crippen LogP contribution is 2.18. The molecule has 2 amide bonds. The molecule has 1 saturated heterocycles. The van der Waals surface area contributed by atoms with E-state index in [0.29, 0.717) is 13.1 Å². The van der Waals surface area contributed by atoms with Gasteiger partial charge in [-0.25, -0.2) is 0 Å². The number of amides is 2. The van der Waals surface area contributed by atoms with Crippen molar-refractivity contribution in [2.45, 2.75) is 25.4 Å². The molecule has 2 aromatic heterocycles. The largest absolute Gasteiger partial charge is 0.357 e. The molecule has 0 spiro atoms. The zero-order valence-electron chi connectivity index (χ0n) is 13.1. The van der Waals surface area contributed by atoms with Crippen molar-refractivity contribution in [2.24, 2.45) is 0 Å². The van der Waals surface area contributed by atoms with E-state index in [4.69, 9.17) is 0 Å². The van der Waals surface area contributed by atoms with Crippen LogP contribution < -0.4 is 10.6 Å². The van der Waals surface area contributed by atoms with Gasteiger partial charge < -0.3 is 20.5 Å². The van der Waals surface area contributed by atoms with Crippen molar-refractivity contribution < 1.29 is 9.59 Å². The van der Waals surface area contributed by atoms with Gasteiger partial charge in [0, 0.05) is 35.5 Å². The number of carbonyl (C=O) groups excluding carboxylic acids is 2. The lowest BCUT2D eigenvalue weighted by molar-refractivity contribution is -0.137. The normalized spacial score (nSPS) is 17.6. The van der Waals surface area contributed by atoms with Gasteiger partial charge in [0.1, 0.15) is 6.04 Å². The Kier molecular flexibility index (Phi) is 4.57. The van der Waals surface area contributed by atoms with Crippen molar-refractivity contribution in [1.82, 2.24) is 25.5 Å². The highest BCUT2D eigenvalue weighted by Gasteiger charge is 2.33. The molecule has 122 valence electrons. The molecule has 0 radical (unpaired) electrons. The van der Waals surface area contributed by atoms with Gasteiger partial charge in [0.05, 0.1) is 13.1 Å². The van der Waals surface area contributed by atoms with Crippen LogP contribution in [0.3, 0.4) is 0 Å². The molecule has 1 fully saturated rings. The number of nitrogens with one attached hydrogen (secondary N) is 3. The molecule has 7 nitrogen and oxygen atoms in total. The molecular weight excluding hydrogens is 294 g/mol. The Morgan fingerprint density at radius 3 is 3.13 bits per heavy atom. The Labute approximate surface area is 134 Å². The Bertz CT molecular complexity index is 678. The summed E-state index contributed by atoms with van der Waals surface area (Å²) in [7, 11) is 1.73. The molecule has 1 aliphatic heterocycles. The molecular formula is C16H21N5O2. The van der Waals surface area contributed by atoms with E-state index in [1.807, 2.05) is 12.1 Å². The van der Waals surface area contributed by atoms with Crippen molar-refractivity contribution in [2.75, 3.05) is 20.1 Å². The smallest absolute Gasteiger partial charge is 0.243 e. The van der Waals surface area contributed by atoms with Gasteiger partial charge in [-0.15, -0.1) is 0 Å². The van der Waals surface area contributed by atoms with Crippen molar-refractivity contribution in [3.63, 3.8) is 0 Å². The van der Waals surface area contributed by atoms with Crippen LogP contribution in [0.15, 0.2) is 24.5 Å². The van der Waals surface area contributed by atoms with Crippen LogP contribution in [0.25, 0.3) is 10.9 Å². The zero-order valence-corrected chi connectivity index (χ0v) is 13.1. The highest BCUT2D eigenvalue weighted by molar-refractivity contribution is 5.89. The van der Waals surface area contributed by atoms with E-state index in [1.54, 1.807) is 24.3 Å². The van der Waals surface area contributed by atoms with Crippen molar-refractivity contribution in [3.05, 3.63) is 30.2 Å². The minimum Gasteiger partial charge on any atom is -0.357 e. The fourth-order valence-electron chi connectivity index (χ4n) is 3.02. The number of fused-ring (bicyclic) bond motifs is 1. The molecule has 1 atom stereocenters. The third kappa shape index (κ3) is 3.34. The predicted molar refractivity (Wildman–Crippen MR) is 86.6 cm³/mol. The van der Waals surface area contributed by atoms with Crippen molar-refractivity contribution in [1.29, 1.82) is 0 Å². The number of hydrogen-bond donors (Lipinski definition) is 3. The minimum absolute atomic E-state index is 0.0261. The lowest BCUT2D eigenvalue weighted by Gasteiger charge is -2.23. The summed E-state index contributed by atoms with van der Waals surface area (Å²) < 4.78 is 0. The molecule has 0 aliphatic carbocycles. The third-order valence-corrected chi connectivity index (χ3v) is 4.13. The Balaban J connectivity index is 1.61. The number of aromatic nitrogens is 2. The number of likely N-dealkylation sites (tertiary alicyclic amines) is 1. The summed E-state index contributed by atoms with van der Waals surface area (Å²) in [6, 6.07) is 3.51. The summed E-state index contributed by atoms with van der Waals surface area (Å²) >= 11 is 0. The average molecular weight is 315 g/mol. The maximum atomic E-state index is 12.4. The second kappa shape index (κ2) is 6.78. The second-order valence-corrected chi connectivity index (χ2v) is 5.75. The summed E-state index contributed by atoms with van der Waals surface area (Å²) in [5.74, 6) is -0.120. The Morgan fingerprint density at radius 2 is 2.35 bits per heavy atom. The molecule has 0 saturated carbocycles. The predicted octanol–water partition coefficient (Wildman–Crippen LogP) is 0.390. The van der Waals surface area contributed by atoms with E-state index in [9.17, 15) is 9.59 Å². The topological polar surface area (TPSA) is 90.1 Å². The summed E-state index contributed by atoms with van der Waals surface area (Å²) in [5.41, 5.74) is 1.92. The Hall–Kier alpha value is -2.41. The van der Waals surface area contributed by atoms with Gasteiger partial charge in [-0.3, -0.25) is 14.6 Å². The molecule has 7 heteroatoms. The van der Waals surface area contributed by atoms with Crippen LogP contribution in [-0.2, 0) is 16.1 Å². The van der Waals surface area contributed by atoms with Crippen LogP contribution in [0.5, 0.6) is 0 Å². The quantitative estimate of drug-likeness (QED) is 0.744. The second-order valence-electron chi connectivity index (χ2n) is 5.75. The lowest BCUT2D eigenvalue weighted by Crippen LogP contribution is -2.48. The molecule has 0 aromatic carbocycles. The number of nitrogens with zero attached hydrogens (tertiary/aromatic N) is 2. The molecule has 0 bridgehead atoms. The fourth-order valence-corrected chi connectivity index (χ4v) is 3.02. The third-order valence-electron chi connectivity index (χ3n) is 4.13. The number of rotatable bonds is 5. The number of aromatic amines is 1. The van der Waals surface area contributed by atoms with E-state index >= 15 is 0 Å². The van der Waals surface area contributed by atoms with Crippen LogP contribution >= 0.6 is 0 Å². The van der Waals surface area contributed by atoms with Crippen LogP contribution in [0.1, 0.15) is 18.5 Å². The molecule has 3 N–H and O–H groups in total. The van der Waals surface area contributed by atoms with Gasteiger partial charge in [-0.1, -0.05) is 0 Å². The molecule has 1 aliphatic rings. The van der Waals surface area contributed by atoms with Crippen molar-refractivity contribution >= 4 is 22.7 Å². The summed E-state index contributed by atoms with van der Waals surface area (Å²) in [5, 5.41) is 6.78. The van der Waals surface area contributed by atoms with Gasteiger partial charge in [0.25, 0.3) is 0 Å². The highest BCUT2D eigenvalue weighted by atomic mass is 16.2. The molecule has 2 aromatic rings. The number of carbonyl (C=O) groups is 2.